The quantitative estimate of drug-likeness (QED) is 0.821. The molecule has 3 rings (SSSR count). The number of carbonyl (C=O) groups excluding carboxylic acids is 2. The molecule has 1 saturated heterocycles. The van der Waals surface area contributed by atoms with Gasteiger partial charge in [0.25, 0.3) is 5.91 Å². The largest absolute Gasteiger partial charge is 0.495 e. The van der Waals surface area contributed by atoms with Crippen LogP contribution in [0.5, 0.6) is 5.75 Å². The third kappa shape index (κ3) is 5.00. The number of nitrogens with zero attached hydrogens (tertiary/aromatic N) is 1. The molecule has 6 heteroatoms. The molecule has 142 valence electrons. The number of para-hydroxylation sites is 2. The summed E-state index contributed by atoms with van der Waals surface area (Å²) in [5.74, 6) is 0.515. The Labute approximate surface area is 159 Å². The number of rotatable bonds is 6. The van der Waals surface area contributed by atoms with Gasteiger partial charge in [0.2, 0.25) is 5.91 Å². The zero-order chi connectivity index (χ0) is 19.1. The second kappa shape index (κ2) is 9.07. The fourth-order valence-electron chi connectivity index (χ4n) is 3.18. The van der Waals surface area contributed by atoms with Crippen molar-refractivity contribution < 1.29 is 14.3 Å². The molecule has 1 heterocycles. The molecule has 27 heavy (non-hydrogen) atoms. The van der Waals surface area contributed by atoms with Crippen LogP contribution in [-0.4, -0.2) is 43.5 Å². The van der Waals surface area contributed by atoms with Gasteiger partial charge in [-0.2, -0.15) is 0 Å². The Bertz CT molecular complexity index is 801. The van der Waals surface area contributed by atoms with Crippen molar-refractivity contribution in [1.29, 1.82) is 0 Å². The van der Waals surface area contributed by atoms with Crippen molar-refractivity contribution >= 4 is 23.2 Å². The Kier molecular flexibility index (Phi) is 6.30. The summed E-state index contributed by atoms with van der Waals surface area (Å²) in [6, 6.07) is 14.5. The highest BCUT2D eigenvalue weighted by Gasteiger charge is 2.18. The highest BCUT2D eigenvalue weighted by Crippen LogP contribution is 2.22. The van der Waals surface area contributed by atoms with E-state index < -0.39 is 0 Å². The van der Waals surface area contributed by atoms with E-state index in [4.69, 9.17) is 4.74 Å². The maximum Gasteiger partial charge on any atom is 0.253 e. The zero-order valence-electron chi connectivity index (χ0n) is 15.5. The van der Waals surface area contributed by atoms with Gasteiger partial charge in [-0.1, -0.05) is 18.2 Å². The number of carbonyl (C=O) groups is 2. The van der Waals surface area contributed by atoms with Gasteiger partial charge in [-0.3, -0.25) is 9.59 Å². The van der Waals surface area contributed by atoms with E-state index in [0.717, 1.165) is 31.6 Å². The van der Waals surface area contributed by atoms with Crippen molar-refractivity contribution in [2.24, 2.45) is 0 Å². The minimum Gasteiger partial charge on any atom is -0.495 e. The molecule has 1 aliphatic rings. The van der Waals surface area contributed by atoms with Crippen LogP contribution in [0.2, 0.25) is 0 Å². The number of benzene rings is 2. The summed E-state index contributed by atoms with van der Waals surface area (Å²) >= 11 is 0. The number of likely N-dealkylation sites (tertiary alicyclic amines) is 1. The van der Waals surface area contributed by atoms with E-state index in [0.29, 0.717) is 17.0 Å². The molecule has 0 unspecified atom stereocenters. The molecule has 0 aliphatic carbocycles. The topological polar surface area (TPSA) is 70.7 Å². The van der Waals surface area contributed by atoms with E-state index in [2.05, 4.69) is 10.6 Å². The monoisotopic (exact) mass is 367 g/mol. The average molecular weight is 367 g/mol. The van der Waals surface area contributed by atoms with Gasteiger partial charge in [0, 0.05) is 24.3 Å². The second-order valence-corrected chi connectivity index (χ2v) is 6.54. The number of methoxy groups -OCH3 is 1. The molecule has 1 fully saturated rings. The maximum atomic E-state index is 12.6. The van der Waals surface area contributed by atoms with E-state index in [-0.39, 0.29) is 18.4 Å². The van der Waals surface area contributed by atoms with Crippen molar-refractivity contribution in [3.05, 3.63) is 54.1 Å². The van der Waals surface area contributed by atoms with Crippen LogP contribution in [0.15, 0.2) is 48.5 Å². The van der Waals surface area contributed by atoms with Crippen LogP contribution < -0.4 is 15.4 Å². The Hall–Kier alpha value is -3.02. The van der Waals surface area contributed by atoms with Gasteiger partial charge in [0.15, 0.2) is 0 Å². The smallest absolute Gasteiger partial charge is 0.253 e. The number of anilines is 2. The Morgan fingerprint density at radius 3 is 2.59 bits per heavy atom. The fraction of sp³-hybridized carbons (Fsp3) is 0.333. The molecule has 0 radical (unpaired) electrons. The molecular weight excluding hydrogens is 342 g/mol. The Morgan fingerprint density at radius 2 is 1.81 bits per heavy atom. The fourth-order valence-corrected chi connectivity index (χ4v) is 3.18. The summed E-state index contributed by atoms with van der Waals surface area (Å²) < 4.78 is 5.26. The lowest BCUT2D eigenvalue weighted by atomic mass is 10.1. The highest BCUT2D eigenvalue weighted by molar-refractivity contribution is 5.98. The van der Waals surface area contributed by atoms with Crippen molar-refractivity contribution in [2.45, 2.75) is 19.3 Å². The lowest BCUT2D eigenvalue weighted by Crippen LogP contribution is -2.35. The molecule has 6 nitrogen and oxygen atoms in total. The predicted octanol–water partition coefficient (Wildman–Crippen LogP) is 3.37. The lowest BCUT2D eigenvalue weighted by molar-refractivity contribution is -0.114. The summed E-state index contributed by atoms with van der Waals surface area (Å²) in [5, 5.41) is 5.90. The minimum atomic E-state index is -0.191. The van der Waals surface area contributed by atoms with Crippen molar-refractivity contribution in [2.75, 3.05) is 37.4 Å². The summed E-state index contributed by atoms with van der Waals surface area (Å²) in [6.07, 6.45) is 3.28. The van der Waals surface area contributed by atoms with Gasteiger partial charge in [0.05, 0.1) is 19.3 Å². The van der Waals surface area contributed by atoms with Crippen molar-refractivity contribution in [1.82, 2.24) is 4.90 Å². The van der Waals surface area contributed by atoms with Crippen LogP contribution in [0.25, 0.3) is 0 Å². The number of piperidine rings is 1. The Morgan fingerprint density at radius 1 is 1.04 bits per heavy atom. The third-order valence-corrected chi connectivity index (χ3v) is 4.58. The van der Waals surface area contributed by atoms with E-state index in [1.165, 1.54) is 6.42 Å². The molecule has 2 aromatic carbocycles. The first kappa shape index (κ1) is 18.8. The van der Waals surface area contributed by atoms with E-state index >= 15 is 0 Å². The lowest BCUT2D eigenvalue weighted by Gasteiger charge is -2.26. The number of hydrogen-bond acceptors (Lipinski definition) is 4. The van der Waals surface area contributed by atoms with Crippen molar-refractivity contribution in [3.63, 3.8) is 0 Å². The Balaban J connectivity index is 1.58. The van der Waals surface area contributed by atoms with Crippen LogP contribution in [0.4, 0.5) is 11.4 Å². The molecule has 0 saturated carbocycles. The van der Waals surface area contributed by atoms with Crippen LogP contribution in [0.1, 0.15) is 29.6 Å². The molecule has 0 bridgehead atoms. The number of hydrogen-bond donors (Lipinski definition) is 2. The van der Waals surface area contributed by atoms with Crippen LogP contribution in [0.3, 0.4) is 0 Å². The molecule has 0 aromatic heterocycles. The van der Waals surface area contributed by atoms with Gasteiger partial charge in [-0.25, -0.2) is 0 Å². The molecule has 1 aliphatic heterocycles. The second-order valence-electron chi connectivity index (χ2n) is 6.54. The third-order valence-electron chi connectivity index (χ3n) is 4.58. The van der Waals surface area contributed by atoms with Gasteiger partial charge in [-0.15, -0.1) is 0 Å². The SMILES string of the molecule is COc1ccccc1NCC(=O)Nc1cccc(C(=O)N2CCCCC2)c1. The highest BCUT2D eigenvalue weighted by atomic mass is 16.5. The zero-order valence-corrected chi connectivity index (χ0v) is 15.5. The van der Waals surface area contributed by atoms with Crippen LogP contribution in [-0.2, 0) is 4.79 Å². The first-order valence-electron chi connectivity index (χ1n) is 9.23. The van der Waals surface area contributed by atoms with E-state index in [1.807, 2.05) is 29.2 Å². The number of nitrogens with one attached hydrogen (secondary N) is 2. The standard InChI is InChI=1S/C21H25N3O3/c1-27-19-11-4-3-10-18(19)22-15-20(25)23-17-9-7-8-16(14-17)21(26)24-12-5-2-6-13-24/h3-4,7-11,14,22H,2,5-6,12-13,15H2,1H3,(H,23,25). The van der Waals surface area contributed by atoms with E-state index in [1.54, 1.807) is 31.4 Å². The molecular formula is C21H25N3O3. The number of amides is 2. The maximum absolute atomic E-state index is 12.6. The summed E-state index contributed by atoms with van der Waals surface area (Å²) in [6.45, 7) is 1.71. The minimum absolute atomic E-state index is 0.0259. The first-order valence-corrected chi connectivity index (χ1v) is 9.23. The molecule has 2 amide bonds. The number of ether oxygens (including phenoxy) is 1. The average Bonchev–Trinajstić information content (AvgIpc) is 2.72. The predicted molar refractivity (Wildman–Crippen MR) is 106 cm³/mol. The normalized spacial score (nSPS) is 13.7. The van der Waals surface area contributed by atoms with Gasteiger partial charge >= 0.3 is 0 Å². The molecule has 2 aromatic rings. The van der Waals surface area contributed by atoms with Gasteiger partial charge < -0.3 is 20.3 Å². The van der Waals surface area contributed by atoms with E-state index in [9.17, 15) is 9.59 Å². The summed E-state index contributed by atoms with van der Waals surface area (Å²) in [4.78, 5) is 26.7. The molecule has 2 N–H and O–H groups in total. The van der Waals surface area contributed by atoms with Gasteiger partial charge in [-0.05, 0) is 49.6 Å². The summed E-state index contributed by atoms with van der Waals surface area (Å²) in [7, 11) is 1.59. The van der Waals surface area contributed by atoms with Crippen LogP contribution in [0, 0.1) is 0 Å². The summed E-state index contributed by atoms with van der Waals surface area (Å²) in [5.41, 5.74) is 1.97. The van der Waals surface area contributed by atoms with Crippen LogP contribution >= 0.6 is 0 Å². The first-order chi connectivity index (χ1) is 13.2. The molecule has 0 spiro atoms. The van der Waals surface area contributed by atoms with Gasteiger partial charge in [0.1, 0.15) is 5.75 Å². The van der Waals surface area contributed by atoms with Crippen molar-refractivity contribution in [3.8, 4) is 5.75 Å². The molecule has 0 atom stereocenters.